The highest BCUT2D eigenvalue weighted by Gasteiger charge is 2.33. The summed E-state index contributed by atoms with van der Waals surface area (Å²) >= 11 is 1.42. The highest BCUT2D eigenvalue weighted by Crippen LogP contribution is 2.20. The third kappa shape index (κ3) is 4.94. The van der Waals surface area contributed by atoms with Crippen LogP contribution in [-0.4, -0.2) is 54.0 Å². The number of hydrogen-bond acceptors (Lipinski definition) is 6. The lowest BCUT2D eigenvalue weighted by Crippen LogP contribution is -2.41. The number of hydrogen-bond donors (Lipinski definition) is 0. The van der Waals surface area contributed by atoms with Gasteiger partial charge < -0.3 is 4.90 Å². The highest BCUT2D eigenvalue weighted by atomic mass is 32.2. The average Bonchev–Trinajstić information content (AvgIpc) is 2.88. The lowest BCUT2D eigenvalue weighted by Gasteiger charge is -2.26. The highest BCUT2D eigenvalue weighted by molar-refractivity contribution is 7.99. The Kier molecular flexibility index (Phi) is 6.22. The molecular weight excluding hydrogens is 352 g/mol. The summed E-state index contributed by atoms with van der Waals surface area (Å²) < 4.78 is 23.1. The molecule has 1 aromatic carbocycles. The summed E-state index contributed by atoms with van der Waals surface area (Å²) in [5.41, 5.74) is 0.948. The zero-order chi connectivity index (χ0) is 17.7. The van der Waals surface area contributed by atoms with E-state index in [0.29, 0.717) is 18.7 Å². The van der Waals surface area contributed by atoms with Crippen LogP contribution in [0, 0.1) is 10.1 Å². The summed E-state index contributed by atoms with van der Waals surface area (Å²) in [7, 11) is -3.01. The van der Waals surface area contributed by atoms with Gasteiger partial charge in [0, 0.05) is 30.5 Å². The number of carbonyl (C=O) groups excluding carboxylic acids is 1. The van der Waals surface area contributed by atoms with Crippen molar-refractivity contribution < 1.29 is 18.1 Å². The standard InChI is InChI=1S/C15H20N2O5S2/c1-2-16(14-7-8-24(21,22)11-14)15(18)10-23-9-12-3-5-13(6-4-12)17(19)20/h3-6,14H,2,7-11H2,1H3/t14-/m1/s1. The molecular formula is C15H20N2O5S2. The minimum Gasteiger partial charge on any atom is -0.338 e. The molecule has 1 heterocycles. The molecule has 1 aliphatic heterocycles. The molecule has 0 aromatic heterocycles. The van der Waals surface area contributed by atoms with Crippen molar-refractivity contribution in [3.63, 3.8) is 0 Å². The summed E-state index contributed by atoms with van der Waals surface area (Å²) in [6.45, 7) is 2.35. The fourth-order valence-electron chi connectivity index (χ4n) is 2.71. The minimum atomic E-state index is -3.01. The Bertz CT molecular complexity index is 703. The predicted octanol–water partition coefficient (Wildman–Crippen LogP) is 1.86. The van der Waals surface area contributed by atoms with Gasteiger partial charge in [-0.3, -0.25) is 14.9 Å². The van der Waals surface area contributed by atoms with Gasteiger partial charge in [-0.05, 0) is 18.9 Å². The van der Waals surface area contributed by atoms with Gasteiger partial charge in [-0.15, -0.1) is 11.8 Å². The Morgan fingerprint density at radius 2 is 2.04 bits per heavy atom. The van der Waals surface area contributed by atoms with Crippen molar-refractivity contribution in [1.82, 2.24) is 4.90 Å². The van der Waals surface area contributed by atoms with Crippen LogP contribution < -0.4 is 0 Å². The number of non-ortho nitro benzene ring substituents is 1. The van der Waals surface area contributed by atoms with Crippen LogP contribution in [0.4, 0.5) is 5.69 Å². The van der Waals surface area contributed by atoms with Crippen LogP contribution in [-0.2, 0) is 20.4 Å². The third-order valence-corrected chi connectivity index (χ3v) is 6.69. The van der Waals surface area contributed by atoms with Crippen LogP contribution in [0.2, 0.25) is 0 Å². The molecule has 1 aliphatic rings. The first-order valence-corrected chi connectivity index (χ1v) is 10.6. The Hall–Kier alpha value is -1.61. The van der Waals surface area contributed by atoms with Crippen molar-refractivity contribution >= 4 is 33.2 Å². The lowest BCUT2D eigenvalue weighted by molar-refractivity contribution is -0.384. The number of thioether (sulfide) groups is 1. The summed E-state index contributed by atoms with van der Waals surface area (Å²) in [6, 6.07) is 6.03. The van der Waals surface area contributed by atoms with Gasteiger partial charge in [-0.25, -0.2) is 8.42 Å². The second-order valence-corrected chi connectivity index (χ2v) is 8.87. The fraction of sp³-hybridized carbons (Fsp3) is 0.533. The molecule has 0 bridgehead atoms. The van der Waals surface area contributed by atoms with Crippen LogP contribution in [0.3, 0.4) is 0 Å². The van der Waals surface area contributed by atoms with E-state index < -0.39 is 14.8 Å². The largest absolute Gasteiger partial charge is 0.338 e. The Morgan fingerprint density at radius 3 is 2.54 bits per heavy atom. The zero-order valence-corrected chi connectivity index (χ0v) is 15.0. The zero-order valence-electron chi connectivity index (χ0n) is 13.4. The molecule has 1 saturated heterocycles. The molecule has 0 spiro atoms. The topological polar surface area (TPSA) is 97.6 Å². The second-order valence-electron chi connectivity index (χ2n) is 5.65. The lowest BCUT2D eigenvalue weighted by atomic mass is 10.2. The van der Waals surface area contributed by atoms with E-state index in [1.165, 1.54) is 23.9 Å². The van der Waals surface area contributed by atoms with Gasteiger partial charge >= 0.3 is 0 Å². The summed E-state index contributed by atoms with van der Waals surface area (Å²) in [5, 5.41) is 10.6. The second kappa shape index (κ2) is 7.98. The monoisotopic (exact) mass is 372 g/mol. The predicted molar refractivity (Wildman–Crippen MR) is 93.7 cm³/mol. The van der Waals surface area contributed by atoms with Crippen molar-refractivity contribution in [3.8, 4) is 0 Å². The smallest absolute Gasteiger partial charge is 0.269 e. The van der Waals surface area contributed by atoms with Gasteiger partial charge in [-0.1, -0.05) is 12.1 Å². The molecule has 1 amide bonds. The Labute approximate surface area is 145 Å². The van der Waals surface area contributed by atoms with Crippen molar-refractivity contribution in [2.24, 2.45) is 0 Å². The maximum absolute atomic E-state index is 12.3. The van der Waals surface area contributed by atoms with E-state index in [-0.39, 0.29) is 34.9 Å². The van der Waals surface area contributed by atoms with Gasteiger partial charge in [-0.2, -0.15) is 0 Å². The number of amides is 1. The number of nitro benzene ring substituents is 1. The molecule has 1 atom stereocenters. The maximum atomic E-state index is 12.3. The van der Waals surface area contributed by atoms with Gasteiger partial charge in [0.2, 0.25) is 5.91 Å². The summed E-state index contributed by atoms with van der Waals surface area (Å²) in [4.78, 5) is 24.1. The van der Waals surface area contributed by atoms with E-state index in [1.54, 1.807) is 17.0 Å². The van der Waals surface area contributed by atoms with Gasteiger partial charge in [0.05, 0.1) is 22.2 Å². The Balaban J connectivity index is 1.84. The van der Waals surface area contributed by atoms with Gasteiger partial charge in [0.25, 0.3) is 5.69 Å². The van der Waals surface area contributed by atoms with E-state index in [9.17, 15) is 23.3 Å². The molecule has 24 heavy (non-hydrogen) atoms. The molecule has 0 N–H and O–H groups in total. The summed E-state index contributed by atoms with van der Waals surface area (Å²) in [6.07, 6.45) is 0.509. The number of benzene rings is 1. The van der Waals surface area contributed by atoms with Crippen molar-refractivity contribution in [1.29, 1.82) is 0 Å². The SMILES string of the molecule is CCN(C(=O)CSCc1ccc([N+](=O)[O-])cc1)[C@@H]1CCS(=O)(=O)C1. The minimum absolute atomic E-state index is 0.0411. The Morgan fingerprint density at radius 1 is 1.38 bits per heavy atom. The quantitative estimate of drug-likeness (QED) is 0.535. The molecule has 132 valence electrons. The van der Waals surface area contributed by atoms with Crippen molar-refractivity contribution in [3.05, 3.63) is 39.9 Å². The maximum Gasteiger partial charge on any atom is 0.269 e. The molecule has 1 aromatic rings. The molecule has 7 nitrogen and oxygen atoms in total. The first kappa shape index (κ1) is 18.7. The normalized spacial score (nSPS) is 19.1. The molecule has 1 fully saturated rings. The molecule has 0 saturated carbocycles. The van der Waals surface area contributed by atoms with E-state index in [0.717, 1.165) is 5.56 Å². The first-order chi connectivity index (χ1) is 11.3. The van der Waals surface area contributed by atoms with Gasteiger partial charge in [0.15, 0.2) is 9.84 Å². The molecule has 2 rings (SSSR count). The van der Waals surface area contributed by atoms with Crippen LogP contribution in [0.15, 0.2) is 24.3 Å². The summed E-state index contributed by atoms with van der Waals surface area (Å²) in [5.74, 6) is 0.981. The number of nitro groups is 1. The first-order valence-electron chi connectivity index (χ1n) is 7.63. The molecule has 0 unspecified atom stereocenters. The fourth-order valence-corrected chi connectivity index (χ4v) is 5.31. The van der Waals surface area contributed by atoms with Crippen LogP contribution in [0.25, 0.3) is 0 Å². The number of carbonyl (C=O) groups is 1. The number of rotatable bonds is 7. The van der Waals surface area contributed by atoms with Gasteiger partial charge in [0.1, 0.15) is 0 Å². The van der Waals surface area contributed by atoms with Crippen molar-refractivity contribution in [2.45, 2.75) is 25.1 Å². The number of nitrogens with zero attached hydrogens (tertiary/aromatic N) is 2. The van der Waals surface area contributed by atoms with Crippen molar-refractivity contribution in [2.75, 3.05) is 23.8 Å². The molecule has 9 heteroatoms. The third-order valence-electron chi connectivity index (χ3n) is 3.95. The molecule has 0 radical (unpaired) electrons. The molecule has 0 aliphatic carbocycles. The van der Waals surface area contributed by atoms with Crippen LogP contribution in [0.5, 0.6) is 0 Å². The van der Waals surface area contributed by atoms with Crippen LogP contribution in [0.1, 0.15) is 18.9 Å². The van der Waals surface area contributed by atoms with E-state index in [4.69, 9.17) is 0 Å². The van der Waals surface area contributed by atoms with E-state index in [2.05, 4.69) is 0 Å². The van der Waals surface area contributed by atoms with E-state index in [1.807, 2.05) is 6.92 Å². The number of sulfone groups is 1. The average molecular weight is 372 g/mol. The van der Waals surface area contributed by atoms with E-state index >= 15 is 0 Å². The van der Waals surface area contributed by atoms with Crippen LogP contribution >= 0.6 is 11.8 Å².